The molecule has 3 aliphatic rings. The number of benzene rings is 1. The van der Waals surface area contributed by atoms with Gasteiger partial charge in [0, 0.05) is 11.1 Å². The number of carbonyl (C=O) groups excluding carboxylic acids is 1. The van der Waals surface area contributed by atoms with Crippen LogP contribution in [0.4, 0.5) is 4.39 Å². The summed E-state index contributed by atoms with van der Waals surface area (Å²) in [5, 5.41) is 9.04. The minimum Gasteiger partial charge on any atom is -0.496 e. The van der Waals surface area contributed by atoms with E-state index in [1.807, 2.05) is 0 Å². The quantitative estimate of drug-likeness (QED) is 0.239. The minimum absolute atomic E-state index is 0.0284. The fraction of sp³-hybridized carbons (Fsp3) is 0.559. The lowest BCUT2D eigenvalue weighted by Gasteiger charge is -2.33. The largest absolute Gasteiger partial charge is 0.496 e. The van der Waals surface area contributed by atoms with E-state index in [0.29, 0.717) is 41.1 Å². The Hall–Kier alpha value is -3.93. The Morgan fingerprint density at radius 1 is 1.20 bits per heavy atom. The maximum atomic E-state index is 14.9. The molecule has 2 saturated heterocycles. The molecule has 4 aromatic rings. The summed E-state index contributed by atoms with van der Waals surface area (Å²) in [6.45, 7) is 7.46. The van der Waals surface area contributed by atoms with Crippen LogP contribution in [0.5, 0.6) is 5.75 Å². The van der Waals surface area contributed by atoms with Gasteiger partial charge in [0.1, 0.15) is 33.0 Å². The number of nitrogens with one attached hydrogen (secondary N) is 1. The average molecular weight is 745 g/mol. The van der Waals surface area contributed by atoms with Crippen molar-refractivity contribution in [1.29, 1.82) is 0 Å². The molecule has 2 bridgehead atoms. The molecule has 1 N–H and O–H groups in total. The van der Waals surface area contributed by atoms with Crippen LogP contribution in [0.2, 0.25) is 0 Å². The van der Waals surface area contributed by atoms with Crippen LogP contribution >= 0.6 is 11.3 Å². The lowest BCUT2D eigenvalue weighted by atomic mass is 10.0. The number of amides is 1. The Morgan fingerprint density at radius 2 is 1.84 bits per heavy atom. The first-order valence-electron chi connectivity index (χ1n) is 16.9. The standard InChI is InChI=1S/C34H41FN6O8S2/c1-18-16-34(18,5)51(45,46)38-31(43)33(3,4)40-28(42)27-19(2)29(41-36-11-12-37-41)50-30(27)39(32(40)44)17-26(24-13-20(35)7-10-25(24)47-6)49-23-14-21-8-9-22(15-23)48-21/h7,10-13,18,21-23,26H,8-9,14-17H2,1-6H3,(H,38,43)/t18?,21-,22+,23?,26-,34?/m0/s1. The Bertz CT molecular complexity index is 2240. The first-order valence-corrected chi connectivity index (χ1v) is 19.2. The van der Waals surface area contributed by atoms with Crippen LogP contribution < -0.4 is 20.7 Å². The third kappa shape index (κ3) is 6.00. The fourth-order valence-electron chi connectivity index (χ4n) is 7.38. The highest BCUT2D eigenvalue weighted by molar-refractivity contribution is 7.91. The average Bonchev–Trinajstić information content (AvgIpc) is 3.48. The number of methoxy groups -OCH3 is 1. The zero-order chi connectivity index (χ0) is 36.6. The molecular formula is C34H41FN6O8S2. The zero-order valence-corrected chi connectivity index (χ0v) is 30.8. The molecule has 5 heterocycles. The number of halogens is 1. The summed E-state index contributed by atoms with van der Waals surface area (Å²) >= 11 is 1.10. The van der Waals surface area contributed by atoms with Crippen molar-refractivity contribution in [1.82, 2.24) is 28.9 Å². The predicted octanol–water partition coefficient (Wildman–Crippen LogP) is 3.71. The van der Waals surface area contributed by atoms with Crippen molar-refractivity contribution in [3.8, 4) is 10.8 Å². The van der Waals surface area contributed by atoms with E-state index in [0.717, 1.165) is 28.7 Å². The molecule has 0 spiro atoms. The summed E-state index contributed by atoms with van der Waals surface area (Å²) in [5.74, 6) is -1.41. The Kier molecular flexibility index (Phi) is 8.79. The van der Waals surface area contributed by atoms with Crippen molar-refractivity contribution in [2.75, 3.05) is 7.11 Å². The monoisotopic (exact) mass is 744 g/mol. The number of hydrogen-bond donors (Lipinski definition) is 1. The van der Waals surface area contributed by atoms with Crippen molar-refractivity contribution in [2.45, 2.75) is 108 Å². The number of hydrogen-bond acceptors (Lipinski definition) is 11. The van der Waals surface area contributed by atoms with Crippen LogP contribution in [0.15, 0.2) is 40.2 Å². The van der Waals surface area contributed by atoms with Gasteiger partial charge < -0.3 is 14.2 Å². The van der Waals surface area contributed by atoms with E-state index in [-0.39, 0.29) is 41.0 Å². The number of thiophene rings is 1. The smallest absolute Gasteiger partial charge is 0.333 e. The molecule has 3 fully saturated rings. The first-order chi connectivity index (χ1) is 24.1. The third-order valence-electron chi connectivity index (χ3n) is 10.8. The number of fused-ring (bicyclic) bond motifs is 3. The molecule has 6 atom stereocenters. The molecule has 274 valence electrons. The van der Waals surface area contributed by atoms with Crippen LogP contribution in [0.1, 0.15) is 77.0 Å². The van der Waals surface area contributed by atoms with Crippen molar-refractivity contribution >= 4 is 37.5 Å². The van der Waals surface area contributed by atoms with E-state index in [9.17, 15) is 27.2 Å². The number of aromatic nitrogens is 5. The van der Waals surface area contributed by atoms with Crippen LogP contribution in [-0.4, -0.2) is 68.6 Å². The van der Waals surface area contributed by atoms with Gasteiger partial charge in [0.05, 0.1) is 54.5 Å². The van der Waals surface area contributed by atoms with Gasteiger partial charge in [-0.1, -0.05) is 18.3 Å². The molecule has 3 aromatic heterocycles. The van der Waals surface area contributed by atoms with Crippen molar-refractivity contribution < 1.29 is 31.8 Å². The summed E-state index contributed by atoms with van der Waals surface area (Å²) in [6, 6.07) is 4.05. The van der Waals surface area contributed by atoms with Crippen molar-refractivity contribution in [3.05, 3.63) is 68.4 Å². The van der Waals surface area contributed by atoms with Gasteiger partial charge in [0.15, 0.2) is 0 Å². The molecule has 1 saturated carbocycles. The number of carbonyl (C=O) groups is 1. The van der Waals surface area contributed by atoms with E-state index in [1.54, 1.807) is 20.8 Å². The maximum Gasteiger partial charge on any atom is 0.333 e. The molecule has 51 heavy (non-hydrogen) atoms. The molecule has 0 radical (unpaired) electrons. The van der Waals surface area contributed by atoms with Gasteiger partial charge in [-0.2, -0.15) is 10.2 Å². The molecule has 2 aliphatic heterocycles. The summed E-state index contributed by atoms with van der Waals surface area (Å²) in [5.41, 5.74) is -2.84. The van der Waals surface area contributed by atoms with Crippen molar-refractivity contribution in [2.24, 2.45) is 5.92 Å². The lowest BCUT2D eigenvalue weighted by Crippen LogP contribution is -2.57. The Labute approximate surface area is 297 Å². The zero-order valence-electron chi connectivity index (χ0n) is 29.2. The molecule has 17 heteroatoms. The number of sulfonamides is 1. The predicted molar refractivity (Wildman–Crippen MR) is 186 cm³/mol. The van der Waals surface area contributed by atoms with Crippen LogP contribution in [0.3, 0.4) is 0 Å². The van der Waals surface area contributed by atoms with Gasteiger partial charge in [0.2, 0.25) is 10.0 Å². The number of aryl methyl sites for hydroxylation is 1. The molecule has 1 aromatic carbocycles. The highest BCUT2D eigenvalue weighted by Crippen LogP contribution is 2.49. The Balaban J connectivity index is 1.40. The van der Waals surface area contributed by atoms with Gasteiger partial charge in [0.25, 0.3) is 11.5 Å². The van der Waals surface area contributed by atoms with Gasteiger partial charge >= 0.3 is 5.69 Å². The molecule has 7 rings (SSSR count). The van der Waals surface area contributed by atoms with Gasteiger partial charge in [-0.25, -0.2) is 22.2 Å². The van der Waals surface area contributed by atoms with Crippen LogP contribution in [0.25, 0.3) is 15.2 Å². The summed E-state index contributed by atoms with van der Waals surface area (Å²) in [7, 11) is -2.69. The highest BCUT2D eigenvalue weighted by Gasteiger charge is 2.58. The van der Waals surface area contributed by atoms with Crippen LogP contribution in [-0.2, 0) is 36.4 Å². The first kappa shape index (κ1) is 35.5. The second-order valence-corrected chi connectivity index (χ2v) is 17.7. The molecule has 14 nitrogen and oxygen atoms in total. The minimum atomic E-state index is -4.15. The fourth-order valence-corrected chi connectivity index (χ4v) is 10.3. The van der Waals surface area contributed by atoms with E-state index >= 15 is 0 Å². The topological polar surface area (TPSA) is 166 Å². The summed E-state index contributed by atoms with van der Waals surface area (Å²) < 4.78 is 63.0. The maximum absolute atomic E-state index is 14.9. The number of ether oxygens (including phenoxy) is 3. The molecular weight excluding hydrogens is 704 g/mol. The highest BCUT2D eigenvalue weighted by atomic mass is 32.2. The Morgan fingerprint density at radius 3 is 2.45 bits per heavy atom. The van der Waals surface area contributed by atoms with E-state index in [4.69, 9.17) is 14.2 Å². The SMILES string of the molecule is COc1ccc(F)cc1[C@H](Cn1c(=O)n(C(C)(C)C(=O)NS(=O)(=O)C2(C)CC2C)c(=O)c2c(C)c(-n3nccn3)sc21)OC1C[C@H]2CC[C@@H](C1)O2. The van der Waals surface area contributed by atoms with Crippen LogP contribution in [0, 0.1) is 18.7 Å². The van der Waals surface area contributed by atoms with Gasteiger partial charge in [-0.15, -0.1) is 4.80 Å². The second kappa shape index (κ2) is 12.6. The van der Waals surface area contributed by atoms with E-state index in [2.05, 4.69) is 14.9 Å². The van der Waals surface area contributed by atoms with E-state index in [1.165, 1.54) is 60.9 Å². The van der Waals surface area contributed by atoms with Crippen molar-refractivity contribution in [3.63, 3.8) is 0 Å². The molecule has 1 amide bonds. The normalized spacial score (nSPS) is 25.2. The van der Waals surface area contributed by atoms with E-state index < -0.39 is 49.4 Å². The summed E-state index contributed by atoms with van der Waals surface area (Å²) in [6.07, 6.45) is 5.19. The third-order valence-corrected chi connectivity index (χ3v) is 14.4. The number of rotatable bonds is 11. The van der Waals surface area contributed by atoms with Gasteiger partial charge in [-0.05, 0) is 83.9 Å². The summed E-state index contributed by atoms with van der Waals surface area (Å²) in [4.78, 5) is 44.7. The number of nitrogens with zero attached hydrogens (tertiary/aromatic N) is 5. The van der Waals surface area contributed by atoms with Gasteiger partial charge in [-0.3, -0.25) is 18.9 Å². The lowest BCUT2D eigenvalue weighted by molar-refractivity contribution is -0.126. The molecule has 3 unspecified atom stereocenters. The molecule has 1 aliphatic carbocycles. The second-order valence-electron chi connectivity index (χ2n) is 14.5.